The zero-order valence-electron chi connectivity index (χ0n) is 11.6. The fourth-order valence-electron chi connectivity index (χ4n) is 2.36. The van der Waals surface area contributed by atoms with Gasteiger partial charge in [0.2, 0.25) is 11.8 Å². The molecular formula is C14H24N2O2. The SMILES string of the molecule is C/C=C/CCN1C(=O)C(CCC)NC(=O)C1CC. The standard InChI is InChI=1S/C14H24N2O2/c1-4-7-8-10-16-12(6-3)13(17)15-11(9-5-2)14(16)18/h4,7,11-12H,5-6,8-10H2,1-3H3,(H,15,17)/b7-4+. The first-order valence-corrected chi connectivity index (χ1v) is 6.87. The fourth-order valence-corrected chi connectivity index (χ4v) is 2.36. The highest BCUT2D eigenvalue weighted by molar-refractivity contribution is 5.96. The second kappa shape index (κ2) is 7.19. The van der Waals surface area contributed by atoms with Gasteiger partial charge in [-0.1, -0.05) is 32.4 Å². The van der Waals surface area contributed by atoms with Crippen molar-refractivity contribution in [3.8, 4) is 0 Å². The predicted octanol–water partition coefficient (Wildman–Crippen LogP) is 1.86. The van der Waals surface area contributed by atoms with Crippen LogP contribution in [0.1, 0.15) is 46.5 Å². The van der Waals surface area contributed by atoms with Crippen molar-refractivity contribution >= 4 is 11.8 Å². The second-order valence-corrected chi connectivity index (χ2v) is 4.66. The monoisotopic (exact) mass is 252 g/mol. The van der Waals surface area contributed by atoms with E-state index in [0.717, 1.165) is 19.3 Å². The van der Waals surface area contributed by atoms with Crippen molar-refractivity contribution in [2.75, 3.05) is 6.54 Å². The van der Waals surface area contributed by atoms with Gasteiger partial charge in [0.15, 0.2) is 0 Å². The van der Waals surface area contributed by atoms with Crippen molar-refractivity contribution in [3.05, 3.63) is 12.2 Å². The number of nitrogens with one attached hydrogen (secondary N) is 1. The van der Waals surface area contributed by atoms with Crippen molar-refractivity contribution in [1.29, 1.82) is 0 Å². The number of piperazine rings is 1. The Labute approximate surface area is 109 Å². The molecule has 4 nitrogen and oxygen atoms in total. The van der Waals surface area contributed by atoms with E-state index in [4.69, 9.17) is 0 Å². The maximum Gasteiger partial charge on any atom is 0.245 e. The van der Waals surface area contributed by atoms with Crippen LogP contribution in [0.2, 0.25) is 0 Å². The van der Waals surface area contributed by atoms with Crippen molar-refractivity contribution < 1.29 is 9.59 Å². The number of amides is 2. The zero-order chi connectivity index (χ0) is 13.5. The van der Waals surface area contributed by atoms with Crippen LogP contribution in [0, 0.1) is 0 Å². The number of carbonyl (C=O) groups is 2. The lowest BCUT2D eigenvalue weighted by Gasteiger charge is -2.38. The molecule has 18 heavy (non-hydrogen) atoms. The summed E-state index contributed by atoms with van der Waals surface area (Å²) in [5.74, 6) is 0.0730. The van der Waals surface area contributed by atoms with E-state index in [2.05, 4.69) is 5.32 Å². The Hall–Kier alpha value is -1.32. The third kappa shape index (κ3) is 3.34. The number of allylic oxidation sites excluding steroid dienone is 1. The quantitative estimate of drug-likeness (QED) is 0.734. The van der Waals surface area contributed by atoms with Crippen LogP contribution < -0.4 is 5.32 Å². The molecule has 1 heterocycles. The number of rotatable bonds is 6. The predicted molar refractivity (Wildman–Crippen MR) is 72.1 cm³/mol. The zero-order valence-corrected chi connectivity index (χ0v) is 11.6. The summed E-state index contributed by atoms with van der Waals surface area (Å²) in [6.07, 6.45) is 7.11. The van der Waals surface area contributed by atoms with E-state index in [1.165, 1.54) is 0 Å². The molecular weight excluding hydrogens is 228 g/mol. The van der Waals surface area contributed by atoms with Crippen molar-refractivity contribution in [3.63, 3.8) is 0 Å². The molecule has 0 radical (unpaired) electrons. The number of hydrogen-bond donors (Lipinski definition) is 1. The highest BCUT2D eigenvalue weighted by Crippen LogP contribution is 2.16. The molecule has 2 unspecified atom stereocenters. The Morgan fingerprint density at radius 2 is 2.06 bits per heavy atom. The van der Waals surface area contributed by atoms with E-state index in [9.17, 15) is 9.59 Å². The first-order valence-electron chi connectivity index (χ1n) is 6.87. The van der Waals surface area contributed by atoms with Crippen molar-refractivity contribution in [1.82, 2.24) is 10.2 Å². The molecule has 1 fully saturated rings. The number of carbonyl (C=O) groups excluding carboxylic acids is 2. The minimum Gasteiger partial charge on any atom is -0.343 e. The third-order valence-electron chi connectivity index (χ3n) is 3.31. The van der Waals surface area contributed by atoms with Gasteiger partial charge in [-0.15, -0.1) is 0 Å². The molecule has 0 saturated carbocycles. The van der Waals surface area contributed by atoms with Crippen LogP contribution in [0.5, 0.6) is 0 Å². The van der Waals surface area contributed by atoms with Crippen LogP contribution >= 0.6 is 0 Å². The minimum atomic E-state index is -0.323. The van der Waals surface area contributed by atoms with Gasteiger partial charge in [0.25, 0.3) is 0 Å². The van der Waals surface area contributed by atoms with Crippen LogP contribution in [-0.4, -0.2) is 35.3 Å². The van der Waals surface area contributed by atoms with Crippen LogP contribution in [0.3, 0.4) is 0 Å². The van der Waals surface area contributed by atoms with Crippen molar-refractivity contribution in [2.45, 2.75) is 58.5 Å². The molecule has 0 bridgehead atoms. The maximum atomic E-state index is 12.3. The smallest absolute Gasteiger partial charge is 0.245 e. The molecule has 102 valence electrons. The Kier molecular flexibility index (Phi) is 5.89. The summed E-state index contributed by atoms with van der Waals surface area (Å²) in [4.78, 5) is 26.0. The topological polar surface area (TPSA) is 49.4 Å². The van der Waals surface area contributed by atoms with Crippen LogP contribution in [0.15, 0.2) is 12.2 Å². The lowest BCUT2D eigenvalue weighted by Crippen LogP contribution is -2.63. The highest BCUT2D eigenvalue weighted by Gasteiger charge is 2.38. The van der Waals surface area contributed by atoms with Gasteiger partial charge in [0.1, 0.15) is 12.1 Å². The Morgan fingerprint density at radius 1 is 1.33 bits per heavy atom. The van der Waals surface area contributed by atoms with E-state index in [-0.39, 0.29) is 23.9 Å². The Morgan fingerprint density at radius 3 is 2.61 bits per heavy atom. The molecule has 0 aromatic heterocycles. The summed E-state index contributed by atoms with van der Waals surface area (Å²) in [6.45, 7) is 6.56. The van der Waals surface area contributed by atoms with Crippen LogP contribution in [-0.2, 0) is 9.59 Å². The van der Waals surface area contributed by atoms with Gasteiger partial charge < -0.3 is 10.2 Å². The van der Waals surface area contributed by atoms with Crippen molar-refractivity contribution in [2.24, 2.45) is 0 Å². The molecule has 2 amide bonds. The molecule has 1 rings (SSSR count). The Balaban J connectivity index is 2.77. The van der Waals surface area contributed by atoms with E-state index >= 15 is 0 Å². The first-order chi connectivity index (χ1) is 8.65. The summed E-state index contributed by atoms with van der Waals surface area (Å²) < 4.78 is 0. The molecule has 0 spiro atoms. The summed E-state index contributed by atoms with van der Waals surface area (Å²) in [5, 5.41) is 2.84. The summed E-state index contributed by atoms with van der Waals surface area (Å²) in [5.41, 5.74) is 0. The molecule has 1 aliphatic heterocycles. The van der Waals surface area contributed by atoms with Crippen LogP contribution in [0.25, 0.3) is 0 Å². The number of nitrogens with zero attached hydrogens (tertiary/aromatic N) is 1. The lowest BCUT2D eigenvalue weighted by molar-refractivity contribution is -0.149. The van der Waals surface area contributed by atoms with Gasteiger partial charge in [-0.25, -0.2) is 0 Å². The molecule has 1 N–H and O–H groups in total. The van der Waals surface area contributed by atoms with Gasteiger partial charge >= 0.3 is 0 Å². The molecule has 0 aromatic carbocycles. The van der Waals surface area contributed by atoms with E-state index in [1.54, 1.807) is 4.90 Å². The van der Waals surface area contributed by atoms with E-state index in [0.29, 0.717) is 13.0 Å². The largest absolute Gasteiger partial charge is 0.343 e. The number of hydrogen-bond acceptors (Lipinski definition) is 2. The van der Waals surface area contributed by atoms with Gasteiger partial charge in [-0.05, 0) is 26.2 Å². The molecule has 0 aromatic rings. The van der Waals surface area contributed by atoms with Gasteiger partial charge in [-0.3, -0.25) is 9.59 Å². The van der Waals surface area contributed by atoms with Gasteiger partial charge in [-0.2, -0.15) is 0 Å². The van der Waals surface area contributed by atoms with Gasteiger partial charge in [0, 0.05) is 6.54 Å². The normalized spacial score (nSPS) is 24.7. The first kappa shape index (κ1) is 14.7. The van der Waals surface area contributed by atoms with Gasteiger partial charge in [0.05, 0.1) is 0 Å². The summed E-state index contributed by atoms with van der Waals surface area (Å²) >= 11 is 0. The highest BCUT2D eigenvalue weighted by atomic mass is 16.2. The van der Waals surface area contributed by atoms with E-state index < -0.39 is 0 Å². The molecule has 2 atom stereocenters. The Bertz CT molecular complexity index is 326. The molecule has 0 aliphatic carbocycles. The van der Waals surface area contributed by atoms with Crippen LogP contribution in [0.4, 0.5) is 0 Å². The second-order valence-electron chi connectivity index (χ2n) is 4.66. The lowest BCUT2D eigenvalue weighted by atomic mass is 10.0. The van der Waals surface area contributed by atoms with E-state index in [1.807, 2.05) is 32.9 Å². The average molecular weight is 252 g/mol. The molecule has 1 aliphatic rings. The summed E-state index contributed by atoms with van der Waals surface area (Å²) in [6, 6.07) is -0.619. The third-order valence-corrected chi connectivity index (χ3v) is 3.31. The molecule has 4 heteroatoms. The average Bonchev–Trinajstić information content (AvgIpc) is 2.35. The molecule has 1 saturated heterocycles. The maximum absolute atomic E-state index is 12.3. The minimum absolute atomic E-state index is 0.00368. The summed E-state index contributed by atoms with van der Waals surface area (Å²) in [7, 11) is 0. The fraction of sp³-hybridized carbons (Fsp3) is 0.714.